The lowest BCUT2D eigenvalue weighted by Gasteiger charge is -2.33. The van der Waals surface area contributed by atoms with Crippen LogP contribution >= 0.6 is 11.6 Å². The molecule has 1 heterocycles. The molecule has 0 saturated carbocycles. The smallest absolute Gasteiger partial charge is 0.227 e. The molecule has 1 aliphatic rings. The number of carbonyl (C=O) groups excluding carboxylic acids is 1. The highest BCUT2D eigenvalue weighted by Crippen LogP contribution is 2.45. The molecule has 1 amide bonds. The van der Waals surface area contributed by atoms with Crippen molar-refractivity contribution in [3.05, 3.63) is 101 Å². The van der Waals surface area contributed by atoms with E-state index < -0.39 is 0 Å². The minimum atomic E-state index is -0.0642. The number of carbonyl (C=O) groups is 1. The van der Waals surface area contributed by atoms with Crippen molar-refractivity contribution in [2.75, 3.05) is 19.1 Å². The first-order valence-corrected chi connectivity index (χ1v) is 11.3. The summed E-state index contributed by atoms with van der Waals surface area (Å²) in [4.78, 5) is 14.6. The van der Waals surface area contributed by atoms with Gasteiger partial charge in [-0.2, -0.15) is 0 Å². The molecule has 0 fully saturated rings. The van der Waals surface area contributed by atoms with Crippen LogP contribution in [0.25, 0.3) is 10.8 Å². The van der Waals surface area contributed by atoms with Crippen LogP contribution in [0.3, 0.4) is 0 Å². The number of nitrogens with zero attached hydrogens (tertiary/aromatic N) is 1. The fourth-order valence-electron chi connectivity index (χ4n) is 4.58. The van der Waals surface area contributed by atoms with E-state index in [-0.39, 0.29) is 11.8 Å². The molecule has 5 rings (SSSR count). The molecular weight excluding hydrogens is 434 g/mol. The average Bonchev–Trinajstić information content (AvgIpc) is 2.84. The quantitative estimate of drug-likeness (QED) is 0.340. The maximum absolute atomic E-state index is 12.8. The van der Waals surface area contributed by atoms with Crippen molar-refractivity contribution >= 4 is 34.0 Å². The zero-order valence-corrected chi connectivity index (χ0v) is 19.3. The topological polar surface area (TPSA) is 38.8 Å². The molecule has 4 aromatic carbocycles. The third-order valence-corrected chi connectivity index (χ3v) is 6.52. The van der Waals surface area contributed by atoms with Gasteiger partial charge in [-0.25, -0.2) is 0 Å². The number of methoxy groups -OCH3 is 1. The number of ether oxygens (including phenoxy) is 2. The van der Waals surface area contributed by atoms with Crippen molar-refractivity contribution in [3.63, 3.8) is 0 Å². The number of anilines is 1. The third-order valence-electron chi connectivity index (χ3n) is 6.28. The van der Waals surface area contributed by atoms with Crippen molar-refractivity contribution in [3.8, 4) is 11.5 Å². The van der Waals surface area contributed by atoms with Crippen LogP contribution in [-0.4, -0.2) is 20.1 Å². The van der Waals surface area contributed by atoms with E-state index in [4.69, 9.17) is 21.1 Å². The van der Waals surface area contributed by atoms with Crippen LogP contribution in [0.2, 0.25) is 5.02 Å². The number of hydrogen-bond acceptors (Lipinski definition) is 3. The molecule has 4 aromatic rings. The molecule has 1 aliphatic heterocycles. The second kappa shape index (κ2) is 8.80. The summed E-state index contributed by atoms with van der Waals surface area (Å²) in [5, 5.41) is 3.01. The molecule has 0 aromatic heterocycles. The average molecular weight is 458 g/mol. The Kier molecular flexibility index (Phi) is 5.69. The molecule has 4 nitrogen and oxygen atoms in total. The monoisotopic (exact) mass is 457 g/mol. The van der Waals surface area contributed by atoms with Crippen molar-refractivity contribution in [1.82, 2.24) is 0 Å². The Bertz CT molecular complexity index is 1350. The van der Waals surface area contributed by atoms with Gasteiger partial charge in [0.05, 0.1) is 7.11 Å². The van der Waals surface area contributed by atoms with Gasteiger partial charge in [-0.1, -0.05) is 60.1 Å². The van der Waals surface area contributed by atoms with Crippen LogP contribution in [-0.2, 0) is 11.4 Å². The lowest BCUT2D eigenvalue weighted by molar-refractivity contribution is -0.118. The van der Waals surface area contributed by atoms with E-state index in [1.54, 1.807) is 12.0 Å². The van der Waals surface area contributed by atoms with Crippen LogP contribution in [0.5, 0.6) is 11.5 Å². The van der Waals surface area contributed by atoms with E-state index in [2.05, 4.69) is 18.2 Å². The molecular formula is C28H24ClNO3. The molecule has 1 unspecified atom stereocenters. The van der Waals surface area contributed by atoms with Crippen LogP contribution in [0.15, 0.2) is 78.9 Å². The van der Waals surface area contributed by atoms with Gasteiger partial charge in [0, 0.05) is 30.1 Å². The Morgan fingerprint density at radius 2 is 1.82 bits per heavy atom. The summed E-state index contributed by atoms with van der Waals surface area (Å²) >= 11 is 6.09. The Labute approximate surface area is 198 Å². The van der Waals surface area contributed by atoms with Crippen LogP contribution in [0.4, 0.5) is 5.69 Å². The summed E-state index contributed by atoms with van der Waals surface area (Å²) in [6, 6.07) is 26.0. The minimum Gasteiger partial charge on any atom is -0.493 e. The summed E-state index contributed by atoms with van der Waals surface area (Å²) in [7, 11) is 3.48. The lowest BCUT2D eigenvalue weighted by atomic mass is 9.81. The second-order valence-electron chi connectivity index (χ2n) is 8.26. The van der Waals surface area contributed by atoms with Gasteiger partial charge in [0.25, 0.3) is 0 Å². The summed E-state index contributed by atoms with van der Waals surface area (Å²) in [5.74, 6) is 1.33. The third kappa shape index (κ3) is 4.03. The lowest BCUT2D eigenvalue weighted by Crippen LogP contribution is -2.33. The first-order valence-electron chi connectivity index (χ1n) is 10.9. The van der Waals surface area contributed by atoms with E-state index in [1.165, 1.54) is 10.9 Å². The maximum atomic E-state index is 12.8. The van der Waals surface area contributed by atoms with Gasteiger partial charge in [0.15, 0.2) is 11.5 Å². The van der Waals surface area contributed by atoms with E-state index >= 15 is 0 Å². The van der Waals surface area contributed by atoms with E-state index in [1.807, 2.05) is 67.7 Å². The Hall–Kier alpha value is -3.50. The molecule has 166 valence electrons. The highest BCUT2D eigenvalue weighted by Gasteiger charge is 2.32. The first-order chi connectivity index (χ1) is 16.0. The Morgan fingerprint density at radius 3 is 2.64 bits per heavy atom. The van der Waals surface area contributed by atoms with Gasteiger partial charge in [-0.15, -0.1) is 0 Å². The molecule has 0 aliphatic carbocycles. The van der Waals surface area contributed by atoms with Gasteiger partial charge < -0.3 is 14.4 Å². The molecule has 0 spiro atoms. The molecule has 33 heavy (non-hydrogen) atoms. The van der Waals surface area contributed by atoms with Crippen molar-refractivity contribution in [1.29, 1.82) is 0 Å². The van der Waals surface area contributed by atoms with Crippen molar-refractivity contribution < 1.29 is 14.3 Å². The number of fused-ring (bicyclic) bond motifs is 3. The van der Waals surface area contributed by atoms with Gasteiger partial charge in [-0.05, 0) is 57.8 Å². The highest BCUT2D eigenvalue weighted by atomic mass is 35.5. The van der Waals surface area contributed by atoms with Crippen molar-refractivity contribution in [2.24, 2.45) is 0 Å². The predicted molar refractivity (Wildman–Crippen MR) is 133 cm³/mol. The minimum absolute atomic E-state index is 0.0642. The van der Waals surface area contributed by atoms with Crippen LogP contribution in [0.1, 0.15) is 29.0 Å². The first kappa shape index (κ1) is 21.4. The number of amides is 1. The zero-order valence-electron chi connectivity index (χ0n) is 18.5. The van der Waals surface area contributed by atoms with E-state index in [0.717, 1.165) is 22.2 Å². The fourth-order valence-corrected chi connectivity index (χ4v) is 4.80. The van der Waals surface area contributed by atoms with Gasteiger partial charge in [0.1, 0.15) is 6.61 Å². The fraction of sp³-hybridized carbons (Fsp3) is 0.179. The van der Waals surface area contributed by atoms with Crippen LogP contribution in [0, 0.1) is 0 Å². The summed E-state index contributed by atoms with van der Waals surface area (Å²) in [5.41, 5.74) is 4.14. The largest absolute Gasteiger partial charge is 0.493 e. The molecule has 1 atom stereocenters. The molecule has 0 saturated heterocycles. The molecule has 5 heteroatoms. The van der Waals surface area contributed by atoms with Crippen molar-refractivity contribution in [2.45, 2.75) is 18.9 Å². The van der Waals surface area contributed by atoms with E-state index in [0.29, 0.717) is 29.5 Å². The number of halogens is 1. The highest BCUT2D eigenvalue weighted by molar-refractivity contribution is 6.30. The Morgan fingerprint density at radius 1 is 0.970 bits per heavy atom. The summed E-state index contributed by atoms with van der Waals surface area (Å²) < 4.78 is 11.7. The molecule has 0 radical (unpaired) electrons. The number of benzene rings is 4. The van der Waals surface area contributed by atoms with E-state index in [9.17, 15) is 4.79 Å². The van der Waals surface area contributed by atoms with Crippen LogP contribution < -0.4 is 14.4 Å². The summed E-state index contributed by atoms with van der Waals surface area (Å²) in [6.07, 6.45) is 0.406. The SMILES string of the molecule is COc1cc(C2CC(=O)N(C)c3ccc4ccccc4c32)ccc1OCc1cccc(Cl)c1. The molecule has 0 N–H and O–H groups in total. The normalized spacial score (nSPS) is 15.4. The van der Waals surface area contributed by atoms with Gasteiger partial charge in [-0.3, -0.25) is 4.79 Å². The van der Waals surface area contributed by atoms with Gasteiger partial charge >= 0.3 is 0 Å². The number of hydrogen-bond donors (Lipinski definition) is 0. The standard InChI is InChI=1S/C28H24ClNO3/c1-30-24-12-10-19-7-3-4-9-22(19)28(24)23(16-27(30)31)20-11-13-25(26(15-20)32-2)33-17-18-6-5-8-21(29)14-18/h3-15,23H,16-17H2,1-2H3. The molecule has 0 bridgehead atoms. The summed E-state index contributed by atoms with van der Waals surface area (Å²) in [6.45, 7) is 0.385. The van der Waals surface area contributed by atoms with Gasteiger partial charge in [0.2, 0.25) is 5.91 Å². The zero-order chi connectivity index (χ0) is 22.9. The Balaban J connectivity index is 1.52. The maximum Gasteiger partial charge on any atom is 0.227 e. The number of rotatable bonds is 5. The predicted octanol–water partition coefficient (Wildman–Crippen LogP) is 6.58. The second-order valence-corrected chi connectivity index (χ2v) is 8.69.